The van der Waals surface area contributed by atoms with Gasteiger partial charge in [-0.2, -0.15) is 0 Å². The van der Waals surface area contributed by atoms with Crippen LogP contribution in [0.1, 0.15) is 6.42 Å². The van der Waals surface area contributed by atoms with Crippen molar-refractivity contribution in [2.45, 2.75) is 6.42 Å². The van der Waals surface area contributed by atoms with Gasteiger partial charge >= 0.3 is 0 Å². The highest BCUT2D eigenvalue weighted by molar-refractivity contribution is 4.33. The van der Waals surface area contributed by atoms with Crippen molar-refractivity contribution in [3.8, 4) is 0 Å². The molecule has 0 N–H and O–H groups in total. The second kappa shape index (κ2) is 10.8. The van der Waals surface area contributed by atoms with Gasteiger partial charge in [0.05, 0.1) is 13.2 Å². The highest BCUT2D eigenvalue weighted by atomic mass is 16.7. The van der Waals surface area contributed by atoms with E-state index in [1.54, 1.807) is 14.2 Å². The van der Waals surface area contributed by atoms with Crippen LogP contribution in [0.3, 0.4) is 0 Å². The Bertz CT molecular complexity index is 67.5. The van der Waals surface area contributed by atoms with E-state index < -0.39 is 0 Å². The first-order valence-electron chi connectivity index (χ1n) is 4.05. The molecule has 0 rings (SSSR count). The van der Waals surface area contributed by atoms with E-state index in [9.17, 15) is 0 Å². The number of rotatable bonds is 9. The smallest absolute Gasteiger partial charge is 0.146 e. The van der Waals surface area contributed by atoms with Crippen molar-refractivity contribution >= 4 is 0 Å². The molecule has 0 aliphatic heterocycles. The Morgan fingerprint density at radius 1 is 0.750 bits per heavy atom. The van der Waals surface area contributed by atoms with Gasteiger partial charge in [0, 0.05) is 27.4 Å². The maximum atomic E-state index is 5.22. The quantitative estimate of drug-likeness (QED) is 0.384. The zero-order valence-corrected chi connectivity index (χ0v) is 7.88. The fourth-order valence-corrected chi connectivity index (χ4v) is 0.667. The molecule has 0 atom stereocenters. The first-order chi connectivity index (χ1) is 5.91. The predicted octanol–water partition coefficient (Wildman–Crippen LogP) is 0.660. The van der Waals surface area contributed by atoms with Crippen LogP contribution in [0.25, 0.3) is 0 Å². The number of ether oxygens (including phenoxy) is 4. The Morgan fingerprint density at radius 3 is 2.17 bits per heavy atom. The Hall–Kier alpha value is -0.160. The van der Waals surface area contributed by atoms with Crippen LogP contribution < -0.4 is 0 Å². The van der Waals surface area contributed by atoms with Crippen LogP contribution in [0.5, 0.6) is 0 Å². The normalized spacial score (nSPS) is 10.5. The molecule has 0 unspecified atom stereocenters. The maximum Gasteiger partial charge on any atom is 0.146 e. The Labute approximate surface area is 73.7 Å². The minimum absolute atomic E-state index is 0.335. The Kier molecular flexibility index (Phi) is 10.7. The van der Waals surface area contributed by atoms with Gasteiger partial charge in [0.2, 0.25) is 0 Å². The lowest BCUT2D eigenvalue weighted by Gasteiger charge is -2.04. The van der Waals surface area contributed by atoms with E-state index in [4.69, 9.17) is 14.2 Å². The summed E-state index contributed by atoms with van der Waals surface area (Å²) in [7, 11) is 3.28. The van der Waals surface area contributed by atoms with Gasteiger partial charge in [0.1, 0.15) is 6.79 Å². The second-order valence-electron chi connectivity index (χ2n) is 2.27. The fraction of sp³-hybridized carbons (Fsp3) is 1.00. The molecule has 0 heterocycles. The molecule has 0 bridgehead atoms. The SMILES string of the molecule is COCCCOCCOCOC. The monoisotopic (exact) mass is 178 g/mol. The summed E-state index contributed by atoms with van der Waals surface area (Å²) in [5.74, 6) is 0. The number of methoxy groups -OCH3 is 2. The van der Waals surface area contributed by atoms with Gasteiger partial charge in [0.15, 0.2) is 0 Å². The van der Waals surface area contributed by atoms with Crippen LogP contribution in [-0.4, -0.2) is 47.4 Å². The number of hydrogen-bond acceptors (Lipinski definition) is 4. The first-order valence-corrected chi connectivity index (χ1v) is 4.05. The molecule has 4 nitrogen and oxygen atoms in total. The van der Waals surface area contributed by atoms with E-state index in [-0.39, 0.29) is 0 Å². The topological polar surface area (TPSA) is 36.9 Å². The number of hydrogen-bond donors (Lipinski definition) is 0. The molecule has 0 aliphatic rings. The molecule has 0 amide bonds. The van der Waals surface area contributed by atoms with Crippen molar-refractivity contribution in [2.24, 2.45) is 0 Å². The fourth-order valence-electron chi connectivity index (χ4n) is 0.667. The zero-order chi connectivity index (χ0) is 9.07. The summed E-state index contributed by atoms with van der Waals surface area (Å²) < 4.78 is 19.8. The van der Waals surface area contributed by atoms with E-state index in [0.29, 0.717) is 20.0 Å². The van der Waals surface area contributed by atoms with Gasteiger partial charge in [-0.3, -0.25) is 0 Å². The highest BCUT2D eigenvalue weighted by Crippen LogP contribution is 1.84. The van der Waals surface area contributed by atoms with Crippen molar-refractivity contribution in [1.82, 2.24) is 0 Å². The molecule has 0 fully saturated rings. The van der Waals surface area contributed by atoms with Gasteiger partial charge in [-0.25, -0.2) is 0 Å². The summed E-state index contributed by atoms with van der Waals surface area (Å²) in [5, 5.41) is 0. The average Bonchev–Trinajstić information content (AvgIpc) is 2.10. The molecular weight excluding hydrogens is 160 g/mol. The first kappa shape index (κ1) is 11.8. The van der Waals surface area contributed by atoms with Crippen LogP contribution in [0, 0.1) is 0 Å². The van der Waals surface area contributed by atoms with E-state index >= 15 is 0 Å². The summed E-state index contributed by atoms with van der Waals surface area (Å²) in [6, 6.07) is 0. The summed E-state index contributed by atoms with van der Waals surface area (Å²) in [5.41, 5.74) is 0. The third kappa shape index (κ3) is 9.84. The van der Waals surface area contributed by atoms with Crippen LogP contribution in [-0.2, 0) is 18.9 Å². The van der Waals surface area contributed by atoms with E-state index in [2.05, 4.69) is 4.74 Å². The standard InChI is InChI=1S/C8H18O4/c1-9-4-3-5-11-6-7-12-8-10-2/h3-8H2,1-2H3. The summed E-state index contributed by atoms with van der Waals surface area (Å²) in [4.78, 5) is 0. The molecule has 0 radical (unpaired) electrons. The van der Waals surface area contributed by atoms with Crippen molar-refractivity contribution in [3.05, 3.63) is 0 Å². The molecule has 4 heteroatoms. The summed E-state index contributed by atoms with van der Waals surface area (Å²) in [6.45, 7) is 3.01. The summed E-state index contributed by atoms with van der Waals surface area (Å²) in [6.07, 6.45) is 0.931. The zero-order valence-electron chi connectivity index (χ0n) is 7.88. The Balaban J connectivity index is 2.73. The Morgan fingerprint density at radius 2 is 1.50 bits per heavy atom. The van der Waals surface area contributed by atoms with Crippen LogP contribution in [0.4, 0.5) is 0 Å². The third-order valence-corrected chi connectivity index (χ3v) is 1.21. The van der Waals surface area contributed by atoms with Crippen LogP contribution in [0.15, 0.2) is 0 Å². The molecule has 0 saturated carbocycles. The van der Waals surface area contributed by atoms with Gasteiger partial charge < -0.3 is 18.9 Å². The molecular formula is C8H18O4. The lowest BCUT2D eigenvalue weighted by atomic mass is 10.5. The van der Waals surface area contributed by atoms with Crippen molar-refractivity contribution in [1.29, 1.82) is 0 Å². The average molecular weight is 178 g/mol. The van der Waals surface area contributed by atoms with Crippen molar-refractivity contribution in [3.63, 3.8) is 0 Å². The minimum Gasteiger partial charge on any atom is -0.385 e. The van der Waals surface area contributed by atoms with Gasteiger partial charge in [0.25, 0.3) is 0 Å². The molecule has 0 aromatic carbocycles. The van der Waals surface area contributed by atoms with Gasteiger partial charge in [-0.1, -0.05) is 0 Å². The molecule has 0 aliphatic carbocycles. The molecule has 0 spiro atoms. The van der Waals surface area contributed by atoms with Crippen LogP contribution in [0.2, 0.25) is 0 Å². The van der Waals surface area contributed by atoms with Gasteiger partial charge in [-0.05, 0) is 6.42 Å². The lowest BCUT2D eigenvalue weighted by molar-refractivity contribution is -0.0516. The van der Waals surface area contributed by atoms with E-state index in [0.717, 1.165) is 19.6 Å². The molecule has 74 valence electrons. The van der Waals surface area contributed by atoms with Crippen molar-refractivity contribution in [2.75, 3.05) is 47.4 Å². The predicted molar refractivity (Wildman–Crippen MR) is 45.1 cm³/mol. The van der Waals surface area contributed by atoms with Gasteiger partial charge in [-0.15, -0.1) is 0 Å². The lowest BCUT2D eigenvalue weighted by Crippen LogP contribution is -2.07. The molecule has 0 aromatic rings. The van der Waals surface area contributed by atoms with Crippen molar-refractivity contribution < 1.29 is 18.9 Å². The second-order valence-corrected chi connectivity index (χ2v) is 2.27. The third-order valence-electron chi connectivity index (χ3n) is 1.21. The summed E-state index contributed by atoms with van der Waals surface area (Å²) >= 11 is 0. The largest absolute Gasteiger partial charge is 0.385 e. The maximum absolute atomic E-state index is 5.22. The van der Waals surface area contributed by atoms with E-state index in [1.807, 2.05) is 0 Å². The van der Waals surface area contributed by atoms with Crippen LogP contribution >= 0.6 is 0 Å². The molecule has 12 heavy (non-hydrogen) atoms. The van der Waals surface area contributed by atoms with E-state index in [1.165, 1.54) is 0 Å². The highest BCUT2D eigenvalue weighted by Gasteiger charge is 1.88. The molecule has 0 saturated heterocycles. The molecule has 0 aromatic heterocycles. The minimum atomic E-state index is 0.335.